The average molecular weight is 1480 g/mol. The Hall–Kier alpha value is -3.50. The van der Waals surface area contributed by atoms with Crippen molar-refractivity contribution < 1.29 is 80.2 Å². The van der Waals surface area contributed by atoms with Gasteiger partial charge >= 0.3 is 39.5 Å². The minimum Gasteiger partial charge on any atom is -0.462 e. The second-order valence-corrected chi connectivity index (χ2v) is 30.6. The van der Waals surface area contributed by atoms with Crippen LogP contribution in [0.4, 0.5) is 0 Å². The summed E-state index contributed by atoms with van der Waals surface area (Å²) in [5, 5.41) is 10.6. The monoisotopic (exact) mass is 1480 g/mol. The van der Waals surface area contributed by atoms with E-state index in [4.69, 9.17) is 37.0 Å². The second-order valence-electron chi connectivity index (χ2n) is 27.7. The number of carbonyl (C=O) groups excluding carboxylic acids is 4. The van der Waals surface area contributed by atoms with E-state index in [-0.39, 0.29) is 25.7 Å². The number of carbonyl (C=O) groups is 4. The van der Waals surface area contributed by atoms with Crippen LogP contribution in [0.25, 0.3) is 0 Å². The van der Waals surface area contributed by atoms with Crippen LogP contribution in [0.2, 0.25) is 0 Å². The van der Waals surface area contributed by atoms with Crippen molar-refractivity contribution in [1.82, 2.24) is 0 Å². The third-order valence-electron chi connectivity index (χ3n) is 17.6. The van der Waals surface area contributed by atoms with E-state index in [1.54, 1.807) is 0 Å². The minimum atomic E-state index is -4.98. The van der Waals surface area contributed by atoms with E-state index < -0.39 is 97.5 Å². The van der Waals surface area contributed by atoms with Crippen molar-refractivity contribution in [3.05, 3.63) is 72.9 Å². The van der Waals surface area contributed by atoms with Gasteiger partial charge in [-0.25, -0.2) is 9.13 Å². The number of aliphatic hydroxyl groups excluding tert-OH is 1. The zero-order chi connectivity index (χ0) is 74.6. The highest BCUT2D eigenvalue weighted by atomic mass is 31.2. The molecule has 0 spiro atoms. The number of phosphoric acid groups is 2. The van der Waals surface area contributed by atoms with E-state index >= 15 is 0 Å². The van der Waals surface area contributed by atoms with Crippen LogP contribution in [-0.4, -0.2) is 96.7 Å². The molecule has 3 N–H and O–H groups in total. The van der Waals surface area contributed by atoms with Gasteiger partial charge in [-0.3, -0.25) is 37.3 Å². The summed E-state index contributed by atoms with van der Waals surface area (Å²) in [6.07, 6.45) is 77.2. The summed E-state index contributed by atoms with van der Waals surface area (Å²) in [4.78, 5) is 73.0. The van der Waals surface area contributed by atoms with Crippen LogP contribution in [0.3, 0.4) is 0 Å². The first-order chi connectivity index (χ1) is 49.7. The Morgan fingerprint density at radius 2 is 0.480 bits per heavy atom. The zero-order valence-electron chi connectivity index (χ0n) is 65.0. The van der Waals surface area contributed by atoms with Crippen molar-refractivity contribution >= 4 is 39.5 Å². The van der Waals surface area contributed by atoms with Crippen LogP contribution in [0.15, 0.2) is 72.9 Å². The van der Waals surface area contributed by atoms with Crippen LogP contribution in [-0.2, 0) is 65.4 Å². The lowest BCUT2D eigenvalue weighted by atomic mass is 10.0. The molecule has 0 fully saturated rings. The van der Waals surface area contributed by atoms with Gasteiger partial charge in [-0.1, -0.05) is 300 Å². The summed E-state index contributed by atoms with van der Waals surface area (Å²) in [7, 11) is -9.95. The van der Waals surface area contributed by atoms with Crippen LogP contribution in [0.1, 0.15) is 374 Å². The highest BCUT2D eigenvalue weighted by Crippen LogP contribution is 2.45. The summed E-state index contributed by atoms with van der Waals surface area (Å²) in [5.74, 6) is -2.18. The average Bonchev–Trinajstić information content (AvgIpc) is 0.924. The fourth-order valence-corrected chi connectivity index (χ4v) is 12.9. The Labute approximate surface area is 622 Å². The molecular formula is C83H150O17P2. The van der Waals surface area contributed by atoms with E-state index in [9.17, 15) is 43.2 Å². The summed E-state index contributed by atoms with van der Waals surface area (Å²) in [6, 6.07) is 0. The molecule has 594 valence electrons. The predicted molar refractivity (Wildman–Crippen MR) is 418 cm³/mol. The molecule has 19 heteroatoms. The molecule has 5 atom stereocenters. The highest BCUT2D eigenvalue weighted by Gasteiger charge is 2.30. The molecule has 0 rings (SSSR count). The molecule has 0 bridgehead atoms. The van der Waals surface area contributed by atoms with Crippen molar-refractivity contribution in [3.8, 4) is 0 Å². The van der Waals surface area contributed by atoms with Crippen LogP contribution < -0.4 is 0 Å². The number of hydrogen-bond acceptors (Lipinski definition) is 15. The van der Waals surface area contributed by atoms with E-state index in [1.807, 2.05) is 0 Å². The normalized spacial score (nSPS) is 14.2. The van der Waals surface area contributed by atoms with E-state index in [2.05, 4.69) is 101 Å². The molecule has 0 aliphatic carbocycles. The fourth-order valence-electron chi connectivity index (χ4n) is 11.3. The lowest BCUT2D eigenvalue weighted by Gasteiger charge is -2.21. The predicted octanol–water partition coefficient (Wildman–Crippen LogP) is 24.0. The van der Waals surface area contributed by atoms with Crippen molar-refractivity contribution in [2.45, 2.75) is 393 Å². The Balaban J connectivity index is 5.34. The lowest BCUT2D eigenvalue weighted by molar-refractivity contribution is -0.161. The third kappa shape index (κ3) is 74.8. The lowest BCUT2D eigenvalue weighted by Crippen LogP contribution is -2.30. The summed E-state index contributed by atoms with van der Waals surface area (Å²) < 4.78 is 68.7. The minimum absolute atomic E-state index is 0.0848. The number of unbranched alkanes of at least 4 members (excludes halogenated alkanes) is 40. The number of esters is 4. The fraction of sp³-hybridized carbons (Fsp3) is 0.807. The molecule has 17 nitrogen and oxygen atoms in total. The molecule has 0 aromatic carbocycles. The molecule has 0 aromatic heterocycles. The van der Waals surface area contributed by atoms with Crippen molar-refractivity contribution in [1.29, 1.82) is 0 Å². The Bertz CT molecular complexity index is 2210. The van der Waals surface area contributed by atoms with Gasteiger partial charge in [0.1, 0.15) is 19.3 Å². The molecule has 0 radical (unpaired) electrons. The molecule has 5 unspecified atom stereocenters. The smallest absolute Gasteiger partial charge is 0.462 e. The van der Waals surface area contributed by atoms with Crippen molar-refractivity contribution in [2.24, 2.45) is 0 Å². The molecule has 0 heterocycles. The maximum Gasteiger partial charge on any atom is 0.472 e. The van der Waals surface area contributed by atoms with Gasteiger partial charge in [0.2, 0.25) is 0 Å². The molecule has 0 aliphatic rings. The number of hydrogen-bond donors (Lipinski definition) is 3. The first kappa shape index (κ1) is 98.5. The first-order valence-electron chi connectivity index (χ1n) is 41.2. The van der Waals surface area contributed by atoms with Crippen LogP contribution in [0, 0.1) is 0 Å². The van der Waals surface area contributed by atoms with Crippen LogP contribution >= 0.6 is 15.6 Å². The largest absolute Gasteiger partial charge is 0.472 e. The maximum absolute atomic E-state index is 13.1. The van der Waals surface area contributed by atoms with Gasteiger partial charge in [-0.05, 0) is 122 Å². The SMILES string of the molecule is CCCCC/C=C\C/C=C\C/C=C\CCCCCCCCC(=O)OCC(COP(=O)(O)OCC(O)COP(=O)(O)OCC(COC(=O)CCCCCCC/C=C\C/C=C\CCCCC)OC(=O)CCCCCCCCCCCCCCC)OC(=O)CCCCCCC/C=C\CCCCCCCC. The van der Waals surface area contributed by atoms with Gasteiger partial charge in [-0.2, -0.15) is 0 Å². The summed E-state index contributed by atoms with van der Waals surface area (Å²) in [5.41, 5.74) is 0. The summed E-state index contributed by atoms with van der Waals surface area (Å²) in [6.45, 7) is 4.85. The van der Waals surface area contributed by atoms with E-state index in [0.717, 1.165) is 167 Å². The van der Waals surface area contributed by atoms with Crippen molar-refractivity contribution in [2.75, 3.05) is 39.6 Å². The third-order valence-corrected chi connectivity index (χ3v) is 19.5. The molecule has 0 aliphatic heterocycles. The quantitative estimate of drug-likeness (QED) is 0.0169. The number of aliphatic hydroxyl groups is 1. The standard InChI is InChI=1S/C83H150O17P2/c1-5-9-13-17-21-25-29-33-36-37-38-39-42-45-48-52-56-60-64-68-81(86)94-74-79(100-83(88)70-66-62-58-54-50-46-41-35-31-27-23-19-15-11-7-3)76-98-102(91,92)96-72-77(84)71-95-101(89,90)97-75-78(99-82(87)69-65-61-57-53-49-43-32-28-24-20-16-12-8-4)73-93-80(85)67-63-59-55-51-47-44-40-34-30-26-22-18-14-10-6-2/h21-22,25-26,33-36,38-41,77-79,84H,5-20,23-24,27-32,37,42-76H2,1-4H3,(H,89,90)(H,91,92)/b25-21-,26-22-,36-33-,39-38-,40-34-,41-35-. The molecule has 0 aromatic rings. The van der Waals surface area contributed by atoms with Gasteiger partial charge in [0, 0.05) is 25.7 Å². The van der Waals surface area contributed by atoms with Crippen molar-refractivity contribution in [3.63, 3.8) is 0 Å². The Kier molecular flexibility index (Phi) is 73.1. The van der Waals surface area contributed by atoms with Crippen LogP contribution in [0.5, 0.6) is 0 Å². The highest BCUT2D eigenvalue weighted by molar-refractivity contribution is 7.47. The molecule has 0 saturated carbocycles. The summed E-state index contributed by atoms with van der Waals surface area (Å²) >= 11 is 0. The molecular weight excluding hydrogens is 1330 g/mol. The van der Waals surface area contributed by atoms with Gasteiger partial charge in [-0.15, -0.1) is 0 Å². The second kappa shape index (κ2) is 75.7. The Morgan fingerprint density at radius 3 is 0.765 bits per heavy atom. The van der Waals surface area contributed by atoms with Gasteiger partial charge in [0.15, 0.2) is 12.2 Å². The Morgan fingerprint density at radius 1 is 0.275 bits per heavy atom. The topological polar surface area (TPSA) is 237 Å². The maximum atomic E-state index is 13.1. The van der Waals surface area contributed by atoms with Gasteiger partial charge < -0.3 is 33.8 Å². The van der Waals surface area contributed by atoms with E-state index in [1.165, 1.54) is 128 Å². The number of ether oxygens (including phenoxy) is 4. The number of allylic oxidation sites excluding steroid dienone is 12. The number of phosphoric ester groups is 2. The van der Waals surface area contributed by atoms with E-state index in [0.29, 0.717) is 25.7 Å². The first-order valence-corrected chi connectivity index (χ1v) is 44.2. The zero-order valence-corrected chi connectivity index (χ0v) is 66.8. The molecule has 102 heavy (non-hydrogen) atoms. The molecule has 0 amide bonds. The number of rotatable bonds is 78. The molecule has 0 saturated heterocycles. The van der Waals surface area contributed by atoms with Gasteiger partial charge in [0.25, 0.3) is 0 Å². The van der Waals surface area contributed by atoms with Gasteiger partial charge in [0.05, 0.1) is 26.4 Å².